The molecule has 0 bridgehead atoms. The van der Waals surface area contributed by atoms with E-state index in [1.165, 1.54) is 7.11 Å². The summed E-state index contributed by atoms with van der Waals surface area (Å²) in [5.74, 6) is -0.0268. The molecule has 1 saturated heterocycles. The third kappa shape index (κ3) is 4.84. The lowest BCUT2D eigenvalue weighted by atomic mass is 9.90. The van der Waals surface area contributed by atoms with Crippen molar-refractivity contribution in [1.29, 1.82) is 0 Å². The van der Waals surface area contributed by atoms with Crippen molar-refractivity contribution >= 4 is 22.7 Å². The zero-order chi connectivity index (χ0) is 24.5. The van der Waals surface area contributed by atoms with Crippen LogP contribution in [-0.2, 0) is 16.9 Å². The molecule has 0 aliphatic carbocycles. The van der Waals surface area contributed by atoms with Crippen molar-refractivity contribution in [2.75, 3.05) is 20.3 Å². The molecule has 1 heterocycles. The number of ether oxygens (including phenoxy) is 1. The summed E-state index contributed by atoms with van der Waals surface area (Å²) in [5, 5.41) is 4.53. The van der Waals surface area contributed by atoms with Crippen LogP contribution in [0.15, 0.2) is 66.7 Å². The van der Waals surface area contributed by atoms with Crippen LogP contribution in [0.5, 0.6) is 5.75 Å². The van der Waals surface area contributed by atoms with E-state index in [9.17, 15) is 22.8 Å². The number of urea groups is 1. The number of benzene rings is 3. The van der Waals surface area contributed by atoms with E-state index in [0.717, 1.165) is 20.6 Å². The van der Waals surface area contributed by atoms with Crippen molar-refractivity contribution in [3.8, 4) is 5.75 Å². The van der Waals surface area contributed by atoms with E-state index in [4.69, 9.17) is 4.74 Å². The van der Waals surface area contributed by atoms with Gasteiger partial charge in [0, 0.05) is 6.54 Å². The third-order valence-electron chi connectivity index (χ3n) is 5.91. The van der Waals surface area contributed by atoms with Gasteiger partial charge in [-0.1, -0.05) is 48.5 Å². The summed E-state index contributed by atoms with van der Waals surface area (Å²) in [4.78, 5) is 27.9. The number of methoxy groups -OCH3 is 1. The standard InChI is InChI=1S/C25H24F3N3O3/c1-24(20-10-9-18-5-3-4-6-19(18)13-20)22(32)31(23(33)29-24)16-30(15-25(26,27)28)14-17-7-11-21(34-2)12-8-17/h3-13H,14-16H2,1-2H3,(H,29,33). The van der Waals surface area contributed by atoms with Crippen molar-refractivity contribution in [3.63, 3.8) is 0 Å². The first-order valence-corrected chi connectivity index (χ1v) is 10.6. The van der Waals surface area contributed by atoms with Gasteiger partial charge in [0.05, 0.1) is 20.3 Å². The molecule has 1 aliphatic rings. The van der Waals surface area contributed by atoms with Crippen LogP contribution >= 0.6 is 0 Å². The monoisotopic (exact) mass is 471 g/mol. The van der Waals surface area contributed by atoms with Crippen LogP contribution in [0, 0.1) is 0 Å². The van der Waals surface area contributed by atoms with Gasteiger partial charge in [0.25, 0.3) is 5.91 Å². The predicted octanol–water partition coefficient (Wildman–Crippen LogP) is 4.64. The Labute approximate surface area is 194 Å². The lowest BCUT2D eigenvalue weighted by Crippen LogP contribution is -2.46. The highest BCUT2D eigenvalue weighted by molar-refractivity contribution is 6.07. The molecular weight excluding hydrogens is 447 g/mol. The van der Waals surface area contributed by atoms with E-state index >= 15 is 0 Å². The highest BCUT2D eigenvalue weighted by Crippen LogP contribution is 2.31. The summed E-state index contributed by atoms with van der Waals surface area (Å²) in [6.07, 6.45) is -4.51. The summed E-state index contributed by atoms with van der Waals surface area (Å²) in [6, 6.07) is 18.8. The number of nitrogens with one attached hydrogen (secondary N) is 1. The molecule has 1 unspecified atom stereocenters. The van der Waals surface area contributed by atoms with Crippen LogP contribution in [0.25, 0.3) is 10.8 Å². The second-order valence-corrected chi connectivity index (χ2v) is 8.44. The van der Waals surface area contributed by atoms with Gasteiger partial charge in [-0.15, -0.1) is 0 Å². The molecule has 1 aliphatic heterocycles. The number of imide groups is 1. The van der Waals surface area contributed by atoms with Gasteiger partial charge in [-0.05, 0) is 47.0 Å². The lowest BCUT2D eigenvalue weighted by Gasteiger charge is -2.28. The van der Waals surface area contributed by atoms with Gasteiger partial charge in [0.15, 0.2) is 0 Å². The van der Waals surface area contributed by atoms with Crippen LogP contribution < -0.4 is 10.1 Å². The molecule has 9 heteroatoms. The second-order valence-electron chi connectivity index (χ2n) is 8.44. The van der Waals surface area contributed by atoms with Crippen molar-refractivity contribution in [3.05, 3.63) is 77.9 Å². The van der Waals surface area contributed by atoms with Crippen molar-refractivity contribution in [1.82, 2.24) is 15.1 Å². The average Bonchev–Trinajstić information content (AvgIpc) is 3.02. The number of rotatable bonds is 7. The Morgan fingerprint density at radius 2 is 1.68 bits per heavy atom. The summed E-state index contributed by atoms with van der Waals surface area (Å²) >= 11 is 0. The molecule has 0 aromatic heterocycles. The summed E-state index contributed by atoms with van der Waals surface area (Å²) in [7, 11) is 1.50. The third-order valence-corrected chi connectivity index (χ3v) is 5.91. The maximum Gasteiger partial charge on any atom is 0.401 e. The molecule has 1 N–H and O–H groups in total. The van der Waals surface area contributed by atoms with E-state index in [1.54, 1.807) is 37.3 Å². The Balaban J connectivity index is 1.58. The number of halogens is 3. The van der Waals surface area contributed by atoms with Gasteiger partial charge in [0.1, 0.15) is 11.3 Å². The Bertz CT molecular complexity index is 1210. The Morgan fingerprint density at radius 1 is 1.00 bits per heavy atom. The lowest BCUT2D eigenvalue weighted by molar-refractivity contribution is -0.154. The Kier molecular flexibility index (Phi) is 6.22. The molecule has 34 heavy (non-hydrogen) atoms. The van der Waals surface area contributed by atoms with E-state index in [1.807, 2.05) is 36.4 Å². The molecule has 3 amide bonds. The fraction of sp³-hybridized carbons (Fsp3) is 0.280. The molecule has 0 saturated carbocycles. The highest BCUT2D eigenvalue weighted by atomic mass is 19.4. The first-order valence-electron chi connectivity index (χ1n) is 10.6. The minimum absolute atomic E-state index is 0.104. The predicted molar refractivity (Wildman–Crippen MR) is 121 cm³/mol. The van der Waals surface area contributed by atoms with Gasteiger partial charge < -0.3 is 10.1 Å². The Hall–Kier alpha value is -3.59. The molecule has 6 nitrogen and oxygen atoms in total. The van der Waals surface area contributed by atoms with Gasteiger partial charge in [-0.3, -0.25) is 9.69 Å². The quantitative estimate of drug-likeness (QED) is 0.510. The SMILES string of the molecule is COc1ccc(CN(CN2C(=O)NC(C)(c3ccc4ccccc4c3)C2=O)CC(F)(F)F)cc1. The van der Waals surface area contributed by atoms with Gasteiger partial charge in [0.2, 0.25) is 0 Å². The topological polar surface area (TPSA) is 61.9 Å². The number of nitrogens with zero attached hydrogens (tertiary/aromatic N) is 2. The molecule has 3 aromatic rings. The molecule has 1 fully saturated rings. The molecule has 3 aromatic carbocycles. The summed E-state index contributed by atoms with van der Waals surface area (Å²) < 4.78 is 45.0. The Morgan fingerprint density at radius 3 is 2.32 bits per heavy atom. The van der Waals surface area contributed by atoms with Crippen molar-refractivity contribution in [2.24, 2.45) is 0 Å². The number of carbonyl (C=O) groups excluding carboxylic acids is 2. The molecule has 1 atom stereocenters. The summed E-state index contributed by atoms with van der Waals surface area (Å²) in [6.45, 7) is -0.315. The van der Waals surface area contributed by atoms with Gasteiger partial charge in [-0.2, -0.15) is 13.2 Å². The van der Waals surface area contributed by atoms with E-state index in [-0.39, 0.29) is 6.54 Å². The number of fused-ring (bicyclic) bond motifs is 1. The normalized spacial score (nSPS) is 18.6. The maximum atomic E-state index is 13.3. The number of alkyl halides is 3. The molecule has 178 valence electrons. The van der Waals surface area contributed by atoms with Crippen LogP contribution in [-0.4, -0.2) is 48.2 Å². The van der Waals surface area contributed by atoms with Crippen LogP contribution in [0.4, 0.5) is 18.0 Å². The minimum atomic E-state index is -4.51. The van der Waals surface area contributed by atoms with E-state index < -0.39 is 36.9 Å². The van der Waals surface area contributed by atoms with Crippen LogP contribution in [0.2, 0.25) is 0 Å². The molecular formula is C25H24F3N3O3. The van der Waals surface area contributed by atoms with Crippen molar-refractivity contribution in [2.45, 2.75) is 25.2 Å². The first kappa shape index (κ1) is 23.6. The zero-order valence-corrected chi connectivity index (χ0v) is 18.7. The smallest absolute Gasteiger partial charge is 0.401 e. The minimum Gasteiger partial charge on any atom is -0.497 e. The largest absolute Gasteiger partial charge is 0.497 e. The van der Waals surface area contributed by atoms with E-state index in [0.29, 0.717) is 16.9 Å². The van der Waals surface area contributed by atoms with E-state index in [2.05, 4.69) is 5.32 Å². The zero-order valence-electron chi connectivity index (χ0n) is 18.7. The van der Waals surface area contributed by atoms with Crippen LogP contribution in [0.1, 0.15) is 18.1 Å². The van der Waals surface area contributed by atoms with Gasteiger partial charge in [-0.25, -0.2) is 9.69 Å². The second kappa shape index (κ2) is 8.98. The number of hydrogen-bond acceptors (Lipinski definition) is 4. The summed E-state index contributed by atoms with van der Waals surface area (Å²) in [5.41, 5.74) is -0.232. The molecule has 0 radical (unpaired) electrons. The maximum absolute atomic E-state index is 13.3. The average molecular weight is 471 g/mol. The fourth-order valence-corrected chi connectivity index (χ4v) is 4.12. The number of hydrogen-bond donors (Lipinski definition) is 1. The van der Waals surface area contributed by atoms with Crippen LogP contribution in [0.3, 0.4) is 0 Å². The number of carbonyl (C=O) groups is 2. The molecule has 0 spiro atoms. The fourth-order valence-electron chi connectivity index (χ4n) is 4.12. The van der Waals surface area contributed by atoms with Crippen molar-refractivity contribution < 1.29 is 27.5 Å². The number of amides is 3. The molecule has 4 rings (SSSR count). The van der Waals surface area contributed by atoms with Gasteiger partial charge >= 0.3 is 12.2 Å². The first-order chi connectivity index (χ1) is 16.1. The highest BCUT2D eigenvalue weighted by Gasteiger charge is 2.49.